The molecular formula is C17H25N5O2. The minimum absolute atomic E-state index is 0.0414. The van der Waals surface area contributed by atoms with E-state index in [1.807, 2.05) is 6.92 Å². The maximum absolute atomic E-state index is 12.1. The molecule has 2 aromatic heterocycles. The van der Waals surface area contributed by atoms with Crippen LogP contribution in [0.2, 0.25) is 0 Å². The van der Waals surface area contributed by atoms with Crippen molar-refractivity contribution in [3.8, 4) is 0 Å². The van der Waals surface area contributed by atoms with E-state index in [1.54, 1.807) is 13.0 Å². The van der Waals surface area contributed by atoms with Crippen LogP contribution in [-0.4, -0.2) is 45.4 Å². The van der Waals surface area contributed by atoms with E-state index < -0.39 is 0 Å². The summed E-state index contributed by atoms with van der Waals surface area (Å²) >= 11 is 0. The molecule has 130 valence electrons. The second-order valence-corrected chi connectivity index (χ2v) is 6.70. The molecule has 1 saturated heterocycles. The Bertz CT molecular complexity index is 698. The Hall–Kier alpha value is -2.15. The summed E-state index contributed by atoms with van der Waals surface area (Å²) in [6.45, 7) is 9.18. The Morgan fingerprint density at radius 3 is 2.62 bits per heavy atom. The quantitative estimate of drug-likeness (QED) is 0.908. The molecule has 1 fully saturated rings. The van der Waals surface area contributed by atoms with Gasteiger partial charge >= 0.3 is 0 Å². The minimum atomic E-state index is -0.0414. The Morgan fingerprint density at radius 2 is 2.04 bits per heavy atom. The van der Waals surface area contributed by atoms with Crippen molar-refractivity contribution in [2.24, 2.45) is 5.92 Å². The maximum atomic E-state index is 12.1. The van der Waals surface area contributed by atoms with E-state index in [0.29, 0.717) is 24.0 Å². The molecule has 1 amide bonds. The molecule has 0 aromatic carbocycles. The maximum Gasteiger partial charge on any atom is 0.239 e. The first-order chi connectivity index (χ1) is 11.5. The lowest BCUT2D eigenvalue weighted by Gasteiger charge is -2.31. The molecule has 0 saturated carbocycles. The summed E-state index contributed by atoms with van der Waals surface area (Å²) in [6, 6.07) is 3.84. The Labute approximate surface area is 142 Å². The number of anilines is 1. The first-order valence-corrected chi connectivity index (χ1v) is 8.46. The molecule has 3 rings (SSSR count). The zero-order chi connectivity index (χ0) is 17.1. The molecule has 0 spiro atoms. The molecule has 24 heavy (non-hydrogen) atoms. The molecule has 1 aliphatic rings. The lowest BCUT2D eigenvalue weighted by atomic mass is 9.97. The van der Waals surface area contributed by atoms with Crippen LogP contribution < -0.4 is 5.32 Å². The highest BCUT2D eigenvalue weighted by Gasteiger charge is 2.22. The van der Waals surface area contributed by atoms with E-state index in [2.05, 4.69) is 38.1 Å². The zero-order valence-electron chi connectivity index (χ0n) is 14.6. The molecule has 0 unspecified atom stereocenters. The highest BCUT2D eigenvalue weighted by atomic mass is 16.5. The van der Waals surface area contributed by atoms with Gasteiger partial charge in [-0.3, -0.25) is 14.4 Å². The second kappa shape index (κ2) is 7.17. The first-order valence-electron chi connectivity index (χ1n) is 8.46. The number of carbonyl (C=O) groups excluding carboxylic acids is 1. The van der Waals surface area contributed by atoms with Crippen LogP contribution in [0.4, 0.5) is 5.82 Å². The van der Waals surface area contributed by atoms with Crippen LogP contribution >= 0.6 is 0 Å². The number of carbonyl (C=O) groups is 1. The Kier molecular flexibility index (Phi) is 4.99. The summed E-state index contributed by atoms with van der Waals surface area (Å²) in [6.07, 6.45) is 2.18. The molecule has 0 aliphatic carbocycles. The molecule has 7 nitrogen and oxygen atoms in total. The topological polar surface area (TPSA) is 76.2 Å². The average molecular weight is 331 g/mol. The number of hydrogen-bond acceptors (Lipinski definition) is 5. The lowest BCUT2D eigenvalue weighted by Crippen LogP contribution is -2.40. The summed E-state index contributed by atoms with van der Waals surface area (Å²) in [5, 5.41) is 11.1. The van der Waals surface area contributed by atoms with E-state index in [-0.39, 0.29) is 5.91 Å². The largest absolute Gasteiger partial charge is 0.360 e. The number of hydrogen-bond donors (Lipinski definition) is 1. The van der Waals surface area contributed by atoms with Gasteiger partial charge in [0.2, 0.25) is 5.91 Å². The minimum Gasteiger partial charge on any atom is -0.360 e. The number of nitrogens with one attached hydrogen (secondary N) is 1. The molecule has 3 heterocycles. The number of likely N-dealkylation sites (tertiary alicyclic amines) is 1. The van der Waals surface area contributed by atoms with Gasteiger partial charge in [-0.25, -0.2) is 0 Å². The molecule has 1 N–H and O–H groups in total. The molecule has 2 aromatic rings. The van der Waals surface area contributed by atoms with Crippen LogP contribution in [0.3, 0.4) is 0 Å². The van der Waals surface area contributed by atoms with Crippen LogP contribution in [0.15, 0.2) is 16.7 Å². The van der Waals surface area contributed by atoms with E-state index in [1.165, 1.54) is 5.69 Å². The zero-order valence-corrected chi connectivity index (χ0v) is 14.6. The normalized spacial score (nSPS) is 16.5. The average Bonchev–Trinajstić information content (AvgIpc) is 3.06. The van der Waals surface area contributed by atoms with Gasteiger partial charge in [-0.05, 0) is 58.7 Å². The molecule has 0 radical (unpaired) electrons. The standard InChI is InChI=1S/C17H25N5O2/c1-12-8-13(2)22(19-12)10-15-4-6-21(7-5-15)11-17(23)18-16-9-14(3)24-20-16/h8-9,15H,4-7,10-11H2,1-3H3,(H,18,20,23). The molecule has 1 aliphatic heterocycles. The fraction of sp³-hybridized carbons (Fsp3) is 0.588. The van der Waals surface area contributed by atoms with Gasteiger partial charge in [-0.15, -0.1) is 0 Å². The van der Waals surface area contributed by atoms with Crippen molar-refractivity contribution in [3.63, 3.8) is 0 Å². The summed E-state index contributed by atoms with van der Waals surface area (Å²) < 4.78 is 7.06. The number of piperidine rings is 1. The van der Waals surface area contributed by atoms with Gasteiger partial charge in [0.25, 0.3) is 0 Å². The monoisotopic (exact) mass is 331 g/mol. The summed E-state index contributed by atoms with van der Waals surface area (Å²) in [5.41, 5.74) is 2.29. The highest BCUT2D eigenvalue weighted by Crippen LogP contribution is 2.20. The van der Waals surface area contributed by atoms with Crippen molar-refractivity contribution < 1.29 is 9.32 Å². The third-order valence-electron chi connectivity index (χ3n) is 4.50. The van der Waals surface area contributed by atoms with Crippen molar-refractivity contribution in [1.29, 1.82) is 0 Å². The fourth-order valence-corrected chi connectivity index (χ4v) is 3.24. The van der Waals surface area contributed by atoms with Gasteiger partial charge in [-0.1, -0.05) is 5.16 Å². The van der Waals surface area contributed by atoms with Crippen LogP contribution in [0.1, 0.15) is 30.0 Å². The van der Waals surface area contributed by atoms with E-state index in [0.717, 1.165) is 38.2 Å². The summed E-state index contributed by atoms with van der Waals surface area (Å²) in [4.78, 5) is 14.3. The molecular weight excluding hydrogens is 306 g/mol. The highest BCUT2D eigenvalue weighted by molar-refractivity contribution is 5.91. The third-order valence-corrected chi connectivity index (χ3v) is 4.50. The lowest BCUT2D eigenvalue weighted by molar-refractivity contribution is -0.117. The smallest absolute Gasteiger partial charge is 0.239 e. The van der Waals surface area contributed by atoms with Gasteiger partial charge in [0, 0.05) is 18.3 Å². The van der Waals surface area contributed by atoms with Crippen LogP contribution in [-0.2, 0) is 11.3 Å². The first kappa shape index (κ1) is 16.7. The molecule has 7 heteroatoms. The molecule has 0 atom stereocenters. The Balaban J connectivity index is 1.43. The fourth-order valence-electron chi connectivity index (χ4n) is 3.24. The van der Waals surface area contributed by atoms with Gasteiger partial charge < -0.3 is 9.84 Å². The van der Waals surface area contributed by atoms with Crippen molar-refractivity contribution in [2.75, 3.05) is 25.0 Å². The second-order valence-electron chi connectivity index (χ2n) is 6.70. The van der Waals surface area contributed by atoms with Crippen LogP contribution in [0.5, 0.6) is 0 Å². The SMILES string of the molecule is Cc1cc(C)n(CC2CCN(CC(=O)Nc3cc(C)on3)CC2)n1. The van der Waals surface area contributed by atoms with Gasteiger partial charge in [0.1, 0.15) is 5.76 Å². The number of aryl methyl sites for hydroxylation is 3. The Morgan fingerprint density at radius 1 is 1.29 bits per heavy atom. The van der Waals surface area contributed by atoms with E-state index >= 15 is 0 Å². The van der Waals surface area contributed by atoms with E-state index in [9.17, 15) is 4.79 Å². The summed E-state index contributed by atoms with van der Waals surface area (Å²) in [5.74, 6) is 1.76. The molecule has 0 bridgehead atoms. The predicted octanol–water partition coefficient (Wildman–Crippen LogP) is 2.15. The van der Waals surface area contributed by atoms with Crippen molar-refractivity contribution in [1.82, 2.24) is 19.8 Å². The van der Waals surface area contributed by atoms with Crippen molar-refractivity contribution in [3.05, 3.63) is 29.3 Å². The van der Waals surface area contributed by atoms with Gasteiger partial charge in [0.05, 0.1) is 12.2 Å². The van der Waals surface area contributed by atoms with Crippen molar-refractivity contribution >= 4 is 11.7 Å². The number of aromatic nitrogens is 3. The van der Waals surface area contributed by atoms with Crippen LogP contribution in [0, 0.1) is 26.7 Å². The number of rotatable bonds is 5. The third kappa shape index (κ3) is 4.23. The van der Waals surface area contributed by atoms with E-state index in [4.69, 9.17) is 4.52 Å². The summed E-state index contributed by atoms with van der Waals surface area (Å²) in [7, 11) is 0. The number of amides is 1. The van der Waals surface area contributed by atoms with Crippen LogP contribution in [0.25, 0.3) is 0 Å². The number of nitrogens with zero attached hydrogens (tertiary/aromatic N) is 4. The predicted molar refractivity (Wildman–Crippen MR) is 90.7 cm³/mol. The van der Waals surface area contributed by atoms with Gasteiger partial charge in [0.15, 0.2) is 5.82 Å². The van der Waals surface area contributed by atoms with Crippen molar-refractivity contribution in [2.45, 2.75) is 40.2 Å². The van der Waals surface area contributed by atoms with Gasteiger partial charge in [-0.2, -0.15) is 5.10 Å².